The highest BCUT2D eigenvalue weighted by Gasteiger charge is 2.37. The molecule has 4 rings (SSSR count). The molecule has 0 radical (unpaired) electrons. The van der Waals surface area contributed by atoms with Gasteiger partial charge in [0, 0.05) is 32.3 Å². The summed E-state index contributed by atoms with van der Waals surface area (Å²) in [6.45, 7) is 2.33. The van der Waals surface area contributed by atoms with Gasteiger partial charge in [0.15, 0.2) is 0 Å². The number of carbonyl (C=O) groups is 2. The Balaban J connectivity index is 1.32. The zero-order valence-corrected chi connectivity index (χ0v) is 15.8. The Labute approximate surface area is 164 Å². The Hall–Kier alpha value is -2.89. The van der Waals surface area contributed by atoms with E-state index in [0.29, 0.717) is 32.1 Å². The van der Waals surface area contributed by atoms with Crippen LogP contribution in [0.2, 0.25) is 0 Å². The number of aromatic hydroxyl groups is 1. The maximum absolute atomic E-state index is 12.9. The fourth-order valence-electron chi connectivity index (χ4n) is 4.25. The Bertz CT molecular complexity index is 847. The molecule has 146 valence electrons. The highest BCUT2D eigenvalue weighted by Crippen LogP contribution is 2.31. The Kier molecular flexibility index (Phi) is 5.28. The summed E-state index contributed by atoms with van der Waals surface area (Å²) >= 11 is 0. The van der Waals surface area contributed by atoms with Gasteiger partial charge in [-0.05, 0) is 48.6 Å². The van der Waals surface area contributed by atoms with Crippen molar-refractivity contribution in [3.8, 4) is 5.75 Å². The Morgan fingerprint density at radius 1 is 1.14 bits per heavy atom. The van der Waals surface area contributed by atoms with Gasteiger partial charge in [0.1, 0.15) is 5.75 Å². The molecule has 0 bridgehead atoms. The second-order valence-corrected chi connectivity index (χ2v) is 7.69. The number of pyridine rings is 1. The monoisotopic (exact) mass is 379 g/mol. The topological polar surface area (TPSA) is 73.7 Å². The average molecular weight is 379 g/mol. The number of nitrogens with zero attached hydrogens (tertiary/aromatic N) is 3. The summed E-state index contributed by atoms with van der Waals surface area (Å²) < 4.78 is 0. The van der Waals surface area contributed by atoms with Gasteiger partial charge in [0.25, 0.3) is 0 Å². The molecule has 2 aliphatic heterocycles. The van der Waals surface area contributed by atoms with Crippen LogP contribution in [0, 0.1) is 5.92 Å². The lowest BCUT2D eigenvalue weighted by atomic mass is 9.89. The number of amides is 2. The van der Waals surface area contributed by atoms with E-state index in [2.05, 4.69) is 4.98 Å². The molecule has 2 aliphatic rings. The number of phenols is 1. The molecule has 0 unspecified atom stereocenters. The van der Waals surface area contributed by atoms with Crippen molar-refractivity contribution >= 4 is 11.8 Å². The standard InChI is InChI=1S/C22H25N3O3/c26-20-6-3-4-17(12-20)16-7-10-24(11-8-16)22(28)18-13-21(27)25(14-18)15-19-5-1-2-9-23-19/h1-6,9,12,16,18,26H,7-8,10-11,13-15H2/t18-/m1/s1. The molecule has 2 amide bonds. The smallest absolute Gasteiger partial charge is 0.227 e. The summed E-state index contributed by atoms with van der Waals surface area (Å²) in [7, 11) is 0. The number of benzene rings is 1. The first-order chi connectivity index (χ1) is 13.6. The fourth-order valence-corrected chi connectivity index (χ4v) is 4.25. The molecule has 6 heteroatoms. The fraction of sp³-hybridized carbons (Fsp3) is 0.409. The summed E-state index contributed by atoms with van der Waals surface area (Å²) in [5.74, 6) is 0.508. The van der Waals surface area contributed by atoms with Crippen LogP contribution in [0.25, 0.3) is 0 Å². The van der Waals surface area contributed by atoms with Crippen LogP contribution in [-0.2, 0) is 16.1 Å². The number of aromatic nitrogens is 1. The number of phenolic OH excluding ortho intramolecular Hbond substituents is 1. The molecule has 1 aromatic heterocycles. The number of piperidine rings is 1. The van der Waals surface area contributed by atoms with Crippen LogP contribution in [0.1, 0.15) is 36.4 Å². The van der Waals surface area contributed by atoms with Crippen molar-refractivity contribution in [1.29, 1.82) is 0 Å². The number of hydrogen-bond acceptors (Lipinski definition) is 4. The molecule has 3 heterocycles. The lowest BCUT2D eigenvalue weighted by Crippen LogP contribution is -2.42. The number of carbonyl (C=O) groups excluding carboxylic acids is 2. The van der Waals surface area contributed by atoms with Gasteiger partial charge in [-0.2, -0.15) is 0 Å². The van der Waals surface area contributed by atoms with Gasteiger partial charge in [-0.25, -0.2) is 0 Å². The van der Waals surface area contributed by atoms with Crippen LogP contribution in [0.4, 0.5) is 0 Å². The van der Waals surface area contributed by atoms with Crippen LogP contribution in [0.15, 0.2) is 48.7 Å². The van der Waals surface area contributed by atoms with E-state index >= 15 is 0 Å². The van der Waals surface area contributed by atoms with Crippen LogP contribution < -0.4 is 0 Å². The third-order valence-corrected chi connectivity index (χ3v) is 5.79. The maximum Gasteiger partial charge on any atom is 0.227 e. The SMILES string of the molecule is O=C1C[C@@H](C(=O)N2CCC(c3cccc(O)c3)CC2)CN1Cc1ccccn1. The molecule has 2 saturated heterocycles. The minimum absolute atomic E-state index is 0.0265. The summed E-state index contributed by atoms with van der Waals surface area (Å²) in [5.41, 5.74) is 1.97. The predicted octanol–water partition coefficient (Wildman–Crippen LogP) is 2.54. The van der Waals surface area contributed by atoms with E-state index in [1.165, 1.54) is 0 Å². The first-order valence-electron chi connectivity index (χ1n) is 9.85. The van der Waals surface area contributed by atoms with E-state index in [4.69, 9.17) is 0 Å². The van der Waals surface area contributed by atoms with E-state index in [1.54, 1.807) is 17.2 Å². The first-order valence-corrected chi connectivity index (χ1v) is 9.85. The minimum atomic E-state index is -0.256. The highest BCUT2D eigenvalue weighted by atomic mass is 16.3. The largest absolute Gasteiger partial charge is 0.508 e. The van der Waals surface area contributed by atoms with Crippen LogP contribution >= 0.6 is 0 Å². The molecule has 28 heavy (non-hydrogen) atoms. The molecular formula is C22H25N3O3. The van der Waals surface area contributed by atoms with Gasteiger partial charge < -0.3 is 14.9 Å². The molecule has 1 aromatic carbocycles. The van der Waals surface area contributed by atoms with Crippen molar-refractivity contribution in [2.75, 3.05) is 19.6 Å². The van der Waals surface area contributed by atoms with Crippen molar-refractivity contribution in [1.82, 2.24) is 14.8 Å². The van der Waals surface area contributed by atoms with Crippen molar-refractivity contribution in [2.45, 2.75) is 31.7 Å². The lowest BCUT2D eigenvalue weighted by Gasteiger charge is -2.33. The second kappa shape index (κ2) is 8.00. The van der Waals surface area contributed by atoms with Crippen LogP contribution in [-0.4, -0.2) is 51.3 Å². The third-order valence-electron chi connectivity index (χ3n) is 5.79. The van der Waals surface area contributed by atoms with Gasteiger partial charge in [-0.15, -0.1) is 0 Å². The molecule has 1 N–H and O–H groups in total. The molecule has 2 fully saturated rings. The number of rotatable bonds is 4. The highest BCUT2D eigenvalue weighted by molar-refractivity contribution is 5.89. The van der Waals surface area contributed by atoms with E-state index in [0.717, 1.165) is 24.1 Å². The third kappa shape index (κ3) is 4.01. The number of likely N-dealkylation sites (tertiary alicyclic amines) is 2. The molecule has 6 nitrogen and oxygen atoms in total. The van der Waals surface area contributed by atoms with E-state index in [-0.39, 0.29) is 29.9 Å². The molecule has 2 aromatic rings. The van der Waals surface area contributed by atoms with Gasteiger partial charge in [-0.3, -0.25) is 14.6 Å². The van der Waals surface area contributed by atoms with Crippen molar-refractivity contribution in [2.24, 2.45) is 5.92 Å². The van der Waals surface area contributed by atoms with E-state index < -0.39 is 0 Å². The summed E-state index contributed by atoms with van der Waals surface area (Å²) in [6, 6.07) is 13.0. The predicted molar refractivity (Wildman–Crippen MR) is 104 cm³/mol. The maximum atomic E-state index is 12.9. The number of hydrogen-bond donors (Lipinski definition) is 1. The zero-order valence-electron chi connectivity index (χ0n) is 15.8. The van der Waals surface area contributed by atoms with Gasteiger partial charge >= 0.3 is 0 Å². The molecular weight excluding hydrogens is 354 g/mol. The first kappa shape index (κ1) is 18.5. The second-order valence-electron chi connectivity index (χ2n) is 7.69. The summed E-state index contributed by atoms with van der Waals surface area (Å²) in [4.78, 5) is 33.2. The van der Waals surface area contributed by atoms with E-state index in [1.807, 2.05) is 41.3 Å². The average Bonchev–Trinajstić information content (AvgIpc) is 3.08. The van der Waals surface area contributed by atoms with Crippen molar-refractivity contribution < 1.29 is 14.7 Å². The lowest BCUT2D eigenvalue weighted by molar-refractivity contribution is -0.136. The van der Waals surface area contributed by atoms with Crippen molar-refractivity contribution in [3.05, 3.63) is 59.9 Å². The normalized spacial score (nSPS) is 20.6. The molecule has 0 saturated carbocycles. The summed E-state index contributed by atoms with van der Waals surface area (Å²) in [6.07, 6.45) is 3.77. The van der Waals surface area contributed by atoms with E-state index in [9.17, 15) is 14.7 Å². The minimum Gasteiger partial charge on any atom is -0.508 e. The quantitative estimate of drug-likeness (QED) is 0.886. The van der Waals surface area contributed by atoms with Gasteiger partial charge in [0.2, 0.25) is 11.8 Å². The van der Waals surface area contributed by atoms with Crippen molar-refractivity contribution in [3.63, 3.8) is 0 Å². The molecule has 0 spiro atoms. The zero-order chi connectivity index (χ0) is 19.5. The van der Waals surface area contributed by atoms with Crippen LogP contribution in [0.5, 0.6) is 5.75 Å². The molecule has 1 atom stereocenters. The van der Waals surface area contributed by atoms with Gasteiger partial charge in [0.05, 0.1) is 18.2 Å². The van der Waals surface area contributed by atoms with Gasteiger partial charge in [-0.1, -0.05) is 18.2 Å². The van der Waals surface area contributed by atoms with Crippen LogP contribution in [0.3, 0.4) is 0 Å². The summed E-state index contributed by atoms with van der Waals surface area (Å²) in [5, 5.41) is 9.68. The Morgan fingerprint density at radius 2 is 1.96 bits per heavy atom. The Morgan fingerprint density at radius 3 is 2.68 bits per heavy atom. The molecule has 0 aliphatic carbocycles.